The Balaban J connectivity index is 0.712. The summed E-state index contributed by atoms with van der Waals surface area (Å²) in [4.78, 5) is 96.4. The summed E-state index contributed by atoms with van der Waals surface area (Å²) >= 11 is 0. The second-order valence-electron chi connectivity index (χ2n) is 16.1. The molecule has 3 aromatic heterocycles. The standard InChI is InChI=1S/C44H44N10O8/c1-25-4-2-7-34(49-25)41(57)50-28-17-29(18-28)53-24-48-38-39(46-23-47-40(38)53)45-20-27-5-3-6-30(16-27)61-21-26-12-14-52(15-13-26)37(56)22-62-31-8-9-32-33(19-31)44(60)54(43(32)59)35-10-11-36(55)51-42(35)58/h2-9,16,19,23-24,26,28-29,35H,10-15,17-18,20-22H2,1H3,(H,50,57)(H,45,46,47)(H,51,55,58). The van der Waals surface area contributed by atoms with E-state index in [-0.39, 0.29) is 66.1 Å². The molecule has 9 rings (SSSR count). The minimum Gasteiger partial charge on any atom is -0.493 e. The highest BCUT2D eigenvalue weighted by molar-refractivity contribution is 6.23. The van der Waals surface area contributed by atoms with Crippen LogP contribution in [0.3, 0.4) is 0 Å². The van der Waals surface area contributed by atoms with E-state index in [1.54, 1.807) is 17.3 Å². The van der Waals surface area contributed by atoms with Crippen LogP contribution >= 0.6 is 0 Å². The van der Waals surface area contributed by atoms with Crippen molar-refractivity contribution in [3.63, 3.8) is 0 Å². The quantitative estimate of drug-likeness (QED) is 0.145. The van der Waals surface area contributed by atoms with Gasteiger partial charge in [-0.3, -0.25) is 39.0 Å². The molecule has 318 valence electrons. The van der Waals surface area contributed by atoms with Crippen molar-refractivity contribution >= 4 is 52.4 Å². The van der Waals surface area contributed by atoms with E-state index in [9.17, 15) is 28.8 Å². The van der Waals surface area contributed by atoms with Crippen LogP contribution < -0.4 is 25.4 Å². The predicted octanol–water partition coefficient (Wildman–Crippen LogP) is 3.37. The number of imidazole rings is 1. The normalized spacial score (nSPS) is 20.1. The molecule has 6 heterocycles. The first-order valence-electron chi connectivity index (χ1n) is 20.7. The molecule has 1 aliphatic carbocycles. The third kappa shape index (κ3) is 8.27. The lowest BCUT2D eigenvalue weighted by atomic mass is 9.86. The van der Waals surface area contributed by atoms with Gasteiger partial charge in [-0.05, 0) is 93.0 Å². The van der Waals surface area contributed by atoms with E-state index in [1.807, 2.05) is 47.9 Å². The van der Waals surface area contributed by atoms with Crippen molar-refractivity contribution in [1.29, 1.82) is 0 Å². The van der Waals surface area contributed by atoms with Crippen molar-refractivity contribution < 1.29 is 38.2 Å². The summed E-state index contributed by atoms with van der Waals surface area (Å²) in [7, 11) is 0. The number of carbonyl (C=O) groups is 6. The number of benzene rings is 2. The lowest BCUT2D eigenvalue weighted by Crippen LogP contribution is -2.54. The lowest BCUT2D eigenvalue weighted by Gasteiger charge is -2.36. The molecule has 3 fully saturated rings. The number of carbonyl (C=O) groups excluding carboxylic acids is 6. The van der Waals surface area contributed by atoms with Crippen molar-refractivity contribution in [1.82, 2.24) is 44.9 Å². The SMILES string of the molecule is Cc1cccc(C(=O)NC2CC(n3cnc4c(NCc5cccc(OCC6CCN(C(=O)COc7ccc8c(c7)C(=O)N(C7CCC(=O)NC7=O)C8=O)CC6)c5)ncnc43)C2)n1. The number of likely N-dealkylation sites (tertiary alicyclic amines) is 1. The minimum absolute atomic E-state index is 0.0319. The van der Waals surface area contributed by atoms with Crippen LogP contribution in [0, 0.1) is 12.8 Å². The summed E-state index contributed by atoms with van der Waals surface area (Å²) in [6, 6.07) is 16.8. The van der Waals surface area contributed by atoms with Crippen LogP contribution in [0.4, 0.5) is 5.82 Å². The zero-order chi connectivity index (χ0) is 42.9. The summed E-state index contributed by atoms with van der Waals surface area (Å²) in [5.74, 6) is -0.859. The Bertz CT molecular complexity index is 2600. The Kier molecular flexibility index (Phi) is 11.0. The van der Waals surface area contributed by atoms with Gasteiger partial charge in [-0.15, -0.1) is 0 Å². The number of fused-ring (bicyclic) bond motifs is 2. The van der Waals surface area contributed by atoms with Crippen LogP contribution in [0.1, 0.15) is 87.0 Å². The fourth-order valence-electron chi connectivity index (χ4n) is 8.38. The highest BCUT2D eigenvalue weighted by Crippen LogP contribution is 2.35. The Hall–Kier alpha value is -7.24. The van der Waals surface area contributed by atoms with E-state index < -0.39 is 29.7 Å². The van der Waals surface area contributed by atoms with Crippen LogP contribution in [0.25, 0.3) is 11.2 Å². The Morgan fingerprint density at radius 3 is 2.47 bits per heavy atom. The monoisotopic (exact) mass is 840 g/mol. The molecule has 0 radical (unpaired) electrons. The molecule has 1 saturated carbocycles. The number of nitrogens with one attached hydrogen (secondary N) is 3. The number of rotatable bonds is 13. The molecule has 1 atom stereocenters. The molecule has 4 aliphatic rings. The van der Waals surface area contributed by atoms with Gasteiger partial charge in [0.15, 0.2) is 18.1 Å². The van der Waals surface area contributed by atoms with E-state index in [4.69, 9.17) is 9.47 Å². The average molecular weight is 841 g/mol. The van der Waals surface area contributed by atoms with E-state index in [0.717, 1.165) is 53.2 Å². The number of aryl methyl sites for hydroxylation is 1. The molecule has 6 amide bonds. The zero-order valence-electron chi connectivity index (χ0n) is 33.9. The van der Waals surface area contributed by atoms with Crippen LogP contribution in [0.15, 0.2) is 73.3 Å². The Labute approximate surface area is 355 Å². The highest BCUT2D eigenvalue weighted by atomic mass is 16.5. The molecular formula is C44H44N10O8. The summed E-state index contributed by atoms with van der Waals surface area (Å²) in [6.45, 7) is 3.71. The van der Waals surface area contributed by atoms with E-state index in [2.05, 4.69) is 35.9 Å². The number of amides is 6. The maximum Gasteiger partial charge on any atom is 0.270 e. The molecule has 1 unspecified atom stereocenters. The number of aromatic nitrogens is 5. The predicted molar refractivity (Wildman–Crippen MR) is 221 cm³/mol. The van der Waals surface area contributed by atoms with Crippen LogP contribution in [0.2, 0.25) is 0 Å². The number of ether oxygens (including phenoxy) is 2. The van der Waals surface area contributed by atoms with Gasteiger partial charge in [0.05, 0.1) is 24.1 Å². The topological polar surface area (TPSA) is 220 Å². The number of hydrogen-bond donors (Lipinski definition) is 3. The number of pyridine rings is 1. The van der Waals surface area contributed by atoms with E-state index in [0.29, 0.717) is 43.3 Å². The fourth-order valence-corrected chi connectivity index (χ4v) is 8.38. The lowest BCUT2D eigenvalue weighted by molar-refractivity contribution is -0.136. The Morgan fingerprint density at radius 2 is 1.66 bits per heavy atom. The van der Waals surface area contributed by atoms with Gasteiger partial charge < -0.3 is 29.6 Å². The van der Waals surface area contributed by atoms with Crippen molar-refractivity contribution in [2.24, 2.45) is 5.92 Å². The number of anilines is 1. The maximum absolute atomic E-state index is 13.2. The minimum atomic E-state index is -1.06. The first-order valence-corrected chi connectivity index (χ1v) is 20.7. The molecular weight excluding hydrogens is 797 g/mol. The molecule has 2 aromatic carbocycles. The van der Waals surface area contributed by atoms with Crippen molar-refractivity contribution in [2.45, 2.75) is 70.1 Å². The average Bonchev–Trinajstić information content (AvgIpc) is 3.80. The van der Waals surface area contributed by atoms with Crippen molar-refractivity contribution in [3.8, 4) is 11.5 Å². The molecule has 0 spiro atoms. The number of imide groups is 2. The third-order valence-electron chi connectivity index (χ3n) is 11.9. The Morgan fingerprint density at radius 1 is 0.871 bits per heavy atom. The summed E-state index contributed by atoms with van der Waals surface area (Å²) in [6.07, 6.45) is 6.45. The first-order chi connectivity index (χ1) is 30.1. The molecule has 0 bridgehead atoms. The number of nitrogens with zero attached hydrogens (tertiary/aromatic N) is 7. The van der Waals surface area contributed by atoms with E-state index in [1.165, 1.54) is 24.5 Å². The molecule has 62 heavy (non-hydrogen) atoms. The van der Waals surface area contributed by atoms with Crippen molar-refractivity contribution in [3.05, 3.63) is 101 Å². The van der Waals surface area contributed by atoms with Crippen molar-refractivity contribution in [2.75, 3.05) is 31.6 Å². The first kappa shape index (κ1) is 40.2. The van der Waals surface area contributed by atoms with Crippen LogP contribution in [-0.4, -0.2) is 108 Å². The smallest absolute Gasteiger partial charge is 0.270 e. The second-order valence-corrected chi connectivity index (χ2v) is 16.1. The van der Waals surface area contributed by atoms with Gasteiger partial charge >= 0.3 is 0 Å². The zero-order valence-corrected chi connectivity index (χ0v) is 33.9. The maximum atomic E-state index is 13.2. The molecule has 3 N–H and O–H groups in total. The fraction of sp³-hybridized carbons (Fsp3) is 0.364. The summed E-state index contributed by atoms with van der Waals surface area (Å²) < 4.78 is 14.0. The van der Waals surface area contributed by atoms with Gasteiger partial charge in [-0.2, -0.15) is 0 Å². The summed E-state index contributed by atoms with van der Waals surface area (Å²) in [5.41, 5.74) is 3.84. The van der Waals surface area contributed by atoms with Crippen LogP contribution in [0.5, 0.6) is 11.5 Å². The molecule has 2 saturated heterocycles. The van der Waals surface area contributed by atoms with E-state index >= 15 is 0 Å². The third-order valence-corrected chi connectivity index (χ3v) is 11.9. The van der Waals surface area contributed by atoms with Gasteiger partial charge in [0.1, 0.15) is 35.1 Å². The van der Waals surface area contributed by atoms with Gasteiger partial charge in [-0.1, -0.05) is 18.2 Å². The van der Waals surface area contributed by atoms with Gasteiger partial charge in [0.25, 0.3) is 23.6 Å². The van der Waals surface area contributed by atoms with Gasteiger partial charge in [0, 0.05) is 43.8 Å². The second kappa shape index (κ2) is 17.0. The summed E-state index contributed by atoms with van der Waals surface area (Å²) in [5, 5.41) is 8.66. The molecule has 5 aromatic rings. The highest BCUT2D eigenvalue weighted by Gasteiger charge is 2.45. The number of piperidine rings is 2. The van der Waals surface area contributed by atoms with Gasteiger partial charge in [0.2, 0.25) is 11.8 Å². The molecule has 3 aliphatic heterocycles. The molecule has 18 nitrogen and oxygen atoms in total. The van der Waals surface area contributed by atoms with Crippen LogP contribution in [-0.2, 0) is 20.9 Å². The number of hydrogen-bond acceptors (Lipinski definition) is 13. The largest absolute Gasteiger partial charge is 0.493 e. The van der Waals surface area contributed by atoms with Gasteiger partial charge in [-0.25, -0.2) is 19.9 Å². The molecule has 18 heteroatoms.